The average molecular weight is 484 g/mol. The lowest BCUT2D eigenvalue weighted by Crippen LogP contribution is -2.34. The van der Waals surface area contributed by atoms with Crippen molar-refractivity contribution in [2.45, 2.75) is 19.9 Å². The number of aryl methyl sites for hydroxylation is 1. The number of amides is 1. The summed E-state index contributed by atoms with van der Waals surface area (Å²) in [6.07, 6.45) is 7.02. The van der Waals surface area contributed by atoms with Crippen LogP contribution in [-0.4, -0.2) is 41.9 Å². The van der Waals surface area contributed by atoms with Crippen LogP contribution in [0.3, 0.4) is 0 Å². The van der Waals surface area contributed by atoms with E-state index in [1.165, 1.54) is 18.0 Å². The van der Waals surface area contributed by atoms with Crippen molar-refractivity contribution >= 4 is 44.6 Å². The normalized spacial score (nSPS) is 13.1. The highest BCUT2D eigenvalue weighted by atomic mass is 32.1. The lowest BCUT2D eigenvalue weighted by atomic mass is 10.0. The molecule has 4 aromatic heterocycles. The number of thiophene rings is 1. The molecule has 5 aromatic rings. The molecule has 0 aliphatic carbocycles. The first-order valence-corrected chi connectivity index (χ1v) is 11.9. The first-order chi connectivity index (χ1) is 17.1. The summed E-state index contributed by atoms with van der Waals surface area (Å²) in [6.45, 7) is 6.84. The number of nitrogens with one attached hydrogen (secondary N) is 1. The summed E-state index contributed by atoms with van der Waals surface area (Å²) in [7, 11) is 0. The number of rotatable bonds is 5. The van der Waals surface area contributed by atoms with Gasteiger partial charge in [0, 0.05) is 17.1 Å². The van der Waals surface area contributed by atoms with Gasteiger partial charge in [0.2, 0.25) is 5.91 Å². The van der Waals surface area contributed by atoms with Crippen LogP contribution in [0.5, 0.6) is 11.5 Å². The average Bonchev–Trinajstić information content (AvgIpc) is 3.49. The number of carbonyl (C=O) groups is 1. The highest BCUT2D eigenvalue weighted by molar-refractivity contribution is 7.19. The Bertz CT molecular complexity index is 1610. The van der Waals surface area contributed by atoms with Crippen molar-refractivity contribution in [2.24, 2.45) is 0 Å². The molecule has 1 amide bonds. The van der Waals surface area contributed by atoms with Gasteiger partial charge in [0.05, 0.1) is 18.1 Å². The van der Waals surface area contributed by atoms with Crippen molar-refractivity contribution in [1.82, 2.24) is 29.5 Å². The quantitative estimate of drug-likeness (QED) is 0.364. The predicted molar refractivity (Wildman–Crippen MR) is 134 cm³/mol. The first kappa shape index (κ1) is 21.2. The molecule has 0 radical (unpaired) electrons. The zero-order valence-electron chi connectivity index (χ0n) is 18.9. The van der Waals surface area contributed by atoms with Crippen LogP contribution in [0.2, 0.25) is 0 Å². The number of ether oxygens (including phenoxy) is 1. The van der Waals surface area contributed by atoms with Crippen LogP contribution in [0.15, 0.2) is 61.8 Å². The molecular weight excluding hydrogens is 462 g/mol. The highest BCUT2D eigenvalue weighted by Gasteiger charge is 2.25. The molecule has 0 bridgehead atoms. The van der Waals surface area contributed by atoms with Crippen molar-refractivity contribution in [2.75, 3.05) is 11.9 Å². The van der Waals surface area contributed by atoms with Crippen LogP contribution in [0.1, 0.15) is 16.0 Å². The number of carbonyl (C=O) groups excluding carboxylic acids is 1. The van der Waals surface area contributed by atoms with Crippen molar-refractivity contribution < 1.29 is 9.53 Å². The van der Waals surface area contributed by atoms with Gasteiger partial charge in [0.25, 0.3) is 0 Å². The van der Waals surface area contributed by atoms with Crippen LogP contribution in [-0.2, 0) is 17.8 Å². The van der Waals surface area contributed by atoms with Crippen LogP contribution >= 0.6 is 11.3 Å². The largest absolute Gasteiger partial charge is 0.455 e. The Morgan fingerprint density at radius 1 is 1.20 bits per heavy atom. The molecule has 5 heterocycles. The Morgan fingerprint density at radius 2 is 2.11 bits per heavy atom. The number of nitrogens with zero attached hydrogens (tertiary/aromatic N) is 6. The third-order valence-electron chi connectivity index (χ3n) is 6.04. The molecule has 0 unspecified atom stereocenters. The second-order valence-electron chi connectivity index (χ2n) is 8.26. The van der Waals surface area contributed by atoms with E-state index >= 15 is 0 Å². The number of hydrogen-bond donors (Lipinski definition) is 1. The number of fused-ring (bicyclic) bond motifs is 4. The molecule has 0 atom stereocenters. The molecule has 0 saturated carbocycles. The molecule has 10 heteroatoms. The summed E-state index contributed by atoms with van der Waals surface area (Å²) in [5.74, 6) is 2.15. The molecule has 1 aliphatic rings. The maximum Gasteiger partial charge on any atom is 0.246 e. The van der Waals surface area contributed by atoms with Crippen LogP contribution in [0.25, 0.3) is 15.9 Å². The Morgan fingerprint density at radius 3 is 2.97 bits per heavy atom. The van der Waals surface area contributed by atoms with Crippen LogP contribution in [0.4, 0.5) is 11.5 Å². The van der Waals surface area contributed by atoms with E-state index in [-0.39, 0.29) is 5.91 Å². The molecule has 0 spiro atoms. The Labute approximate surface area is 204 Å². The third kappa shape index (κ3) is 3.87. The van der Waals surface area contributed by atoms with Gasteiger partial charge in [0.15, 0.2) is 5.65 Å². The van der Waals surface area contributed by atoms with Crippen molar-refractivity contribution in [1.29, 1.82) is 0 Å². The van der Waals surface area contributed by atoms with E-state index in [1.54, 1.807) is 28.4 Å². The summed E-state index contributed by atoms with van der Waals surface area (Å²) in [4.78, 5) is 29.1. The van der Waals surface area contributed by atoms with Gasteiger partial charge in [-0.2, -0.15) is 5.10 Å². The van der Waals surface area contributed by atoms with Gasteiger partial charge < -0.3 is 15.0 Å². The SMILES string of the molecule is C=CC(=O)N1CCc2c(sc3ncnc(Nc4ccc(Oc5ccc6ncnn6c5)c(C)c4)c23)C1. The molecule has 35 heavy (non-hydrogen) atoms. The van der Waals surface area contributed by atoms with E-state index in [2.05, 4.69) is 31.9 Å². The standard InChI is InChI=1S/C25H21N7O2S/c1-3-22(33)31-9-8-18-20(12-31)35-25-23(18)24(27-13-28-25)30-16-4-6-19(15(2)10-16)34-17-5-7-21-26-14-29-32(21)11-17/h3-7,10-11,13-14H,1,8-9,12H2,2H3,(H,27,28,30). The van der Waals surface area contributed by atoms with E-state index in [1.807, 2.05) is 42.2 Å². The molecular formula is C25H21N7O2S. The van der Waals surface area contributed by atoms with E-state index in [4.69, 9.17) is 4.74 Å². The Hall–Kier alpha value is -4.31. The van der Waals surface area contributed by atoms with Crippen molar-refractivity contribution in [3.05, 3.63) is 77.8 Å². The molecule has 6 rings (SSSR count). The second kappa shape index (κ2) is 8.48. The van der Waals surface area contributed by atoms with E-state index in [9.17, 15) is 4.79 Å². The molecule has 0 fully saturated rings. The number of hydrogen-bond acceptors (Lipinski definition) is 8. The molecule has 0 saturated heterocycles. The van der Waals surface area contributed by atoms with Gasteiger partial charge >= 0.3 is 0 Å². The Kier molecular flexibility index (Phi) is 5.14. The highest BCUT2D eigenvalue weighted by Crippen LogP contribution is 2.38. The zero-order chi connectivity index (χ0) is 23.9. The fourth-order valence-corrected chi connectivity index (χ4v) is 5.51. The summed E-state index contributed by atoms with van der Waals surface area (Å²) in [6, 6.07) is 9.66. The maximum absolute atomic E-state index is 12.1. The minimum absolute atomic E-state index is 0.0449. The summed E-state index contributed by atoms with van der Waals surface area (Å²) < 4.78 is 7.76. The first-order valence-electron chi connectivity index (χ1n) is 11.1. The summed E-state index contributed by atoms with van der Waals surface area (Å²) >= 11 is 1.61. The van der Waals surface area contributed by atoms with E-state index in [0.717, 1.165) is 50.0 Å². The Balaban J connectivity index is 1.26. The molecule has 1 aliphatic heterocycles. The molecule has 174 valence electrons. The van der Waals surface area contributed by atoms with Gasteiger partial charge in [-0.15, -0.1) is 11.3 Å². The number of aromatic nitrogens is 5. The third-order valence-corrected chi connectivity index (χ3v) is 7.16. The summed E-state index contributed by atoms with van der Waals surface area (Å²) in [5.41, 5.74) is 3.85. The summed E-state index contributed by atoms with van der Waals surface area (Å²) in [5, 5.41) is 8.64. The fraction of sp³-hybridized carbons (Fsp3) is 0.160. The molecule has 9 nitrogen and oxygen atoms in total. The zero-order valence-corrected chi connectivity index (χ0v) is 19.7. The minimum atomic E-state index is -0.0449. The van der Waals surface area contributed by atoms with Crippen molar-refractivity contribution in [3.8, 4) is 11.5 Å². The maximum atomic E-state index is 12.1. The van der Waals surface area contributed by atoms with E-state index < -0.39 is 0 Å². The monoisotopic (exact) mass is 483 g/mol. The van der Waals surface area contributed by atoms with Crippen molar-refractivity contribution in [3.63, 3.8) is 0 Å². The van der Waals surface area contributed by atoms with E-state index in [0.29, 0.717) is 18.8 Å². The van der Waals surface area contributed by atoms with Gasteiger partial charge in [-0.1, -0.05) is 6.58 Å². The lowest BCUT2D eigenvalue weighted by molar-refractivity contribution is -0.126. The fourth-order valence-electron chi connectivity index (χ4n) is 4.30. The number of benzene rings is 1. The van der Waals surface area contributed by atoms with Crippen LogP contribution in [0, 0.1) is 6.92 Å². The second-order valence-corrected chi connectivity index (χ2v) is 9.34. The number of pyridine rings is 1. The topological polar surface area (TPSA) is 97.5 Å². The van der Waals surface area contributed by atoms with Gasteiger partial charge in [0.1, 0.15) is 34.8 Å². The number of anilines is 2. The molecule has 1 N–H and O–H groups in total. The molecule has 1 aromatic carbocycles. The van der Waals surface area contributed by atoms with Gasteiger partial charge in [-0.05, 0) is 60.9 Å². The van der Waals surface area contributed by atoms with Gasteiger partial charge in [-0.25, -0.2) is 19.5 Å². The van der Waals surface area contributed by atoms with Gasteiger partial charge in [-0.3, -0.25) is 4.79 Å². The smallest absolute Gasteiger partial charge is 0.246 e. The van der Waals surface area contributed by atoms with Crippen LogP contribution < -0.4 is 10.1 Å². The lowest BCUT2D eigenvalue weighted by Gasteiger charge is -2.26. The minimum Gasteiger partial charge on any atom is -0.455 e. The predicted octanol–water partition coefficient (Wildman–Crippen LogP) is 4.65.